The highest BCUT2D eigenvalue weighted by molar-refractivity contribution is 6.33. The Bertz CT molecular complexity index is 2480. The van der Waals surface area contributed by atoms with Crippen molar-refractivity contribution in [3.8, 4) is 41.0 Å². The van der Waals surface area contributed by atoms with E-state index in [-0.39, 0.29) is 21.7 Å². The summed E-state index contributed by atoms with van der Waals surface area (Å²) in [5.74, 6) is 1.63. The summed E-state index contributed by atoms with van der Waals surface area (Å²) in [6, 6.07) is 24.8. The van der Waals surface area contributed by atoms with E-state index >= 15 is 0 Å². The summed E-state index contributed by atoms with van der Waals surface area (Å²) in [7, 11) is 1.50. The SMILES string of the molecule is COc1nc(CCc2ccnc(C)c2)cc(Oc2cc(Cl)cc(C#N)c2)c1Cl.Cc1cc(CCc2cc(Oc3cc(Cl)cc(C#N)c3)c(Cl)c(=O)[nH]2)ccn1. The summed E-state index contributed by atoms with van der Waals surface area (Å²) in [4.78, 5) is 27.7. The Labute approximate surface area is 337 Å². The normalized spacial score (nSPS) is 10.4. The quantitative estimate of drug-likeness (QED) is 0.135. The van der Waals surface area contributed by atoms with Gasteiger partial charge in [-0.1, -0.05) is 46.4 Å². The lowest BCUT2D eigenvalue weighted by atomic mass is 10.1. The lowest BCUT2D eigenvalue weighted by Crippen LogP contribution is -2.11. The van der Waals surface area contributed by atoms with Gasteiger partial charge in [-0.3, -0.25) is 14.8 Å². The standard InChI is InChI=1S/C21H17Cl2N3O2.C20H15Cl2N3O2/c1-13-7-14(5-6-25-13)3-4-17-11-19(20(23)21(26-17)27-2)28-18-9-15(12-24)8-16(22)10-18;1-12-6-13(4-5-24-12)2-3-16-10-18(19(22)20(26)25-16)27-17-8-14(11-23)7-15(21)9-17/h5-11H,3-4H2,1-2H3;4-10H,2-3H2,1H3,(H,25,26). The molecule has 0 fully saturated rings. The van der Waals surface area contributed by atoms with Crippen LogP contribution in [0.1, 0.15) is 45.0 Å². The fourth-order valence-corrected chi connectivity index (χ4v) is 6.15. The van der Waals surface area contributed by atoms with Crippen LogP contribution in [0.3, 0.4) is 0 Å². The third kappa shape index (κ3) is 11.7. The smallest absolute Gasteiger partial charge is 0.270 e. The van der Waals surface area contributed by atoms with Gasteiger partial charge >= 0.3 is 0 Å². The second-order valence-electron chi connectivity index (χ2n) is 12.1. The van der Waals surface area contributed by atoms with Crippen molar-refractivity contribution in [1.29, 1.82) is 10.5 Å². The second-order valence-corrected chi connectivity index (χ2v) is 13.8. The van der Waals surface area contributed by atoms with Gasteiger partial charge < -0.3 is 19.2 Å². The fourth-order valence-electron chi connectivity index (χ4n) is 5.35. The molecule has 0 radical (unpaired) electrons. The number of hydrogen-bond donors (Lipinski definition) is 1. The molecule has 55 heavy (non-hydrogen) atoms. The van der Waals surface area contributed by atoms with Crippen molar-refractivity contribution in [3.05, 3.63) is 161 Å². The molecule has 6 rings (SSSR count). The van der Waals surface area contributed by atoms with Crippen LogP contribution < -0.4 is 19.8 Å². The first kappa shape index (κ1) is 40.6. The van der Waals surface area contributed by atoms with E-state index < -0.39 is 5.56 Å². The molecule has 0 saturated carbocycles. The number of hydrogen-bond acceptors (Lipinski definition) is 9. The van der Waals surface area contributed by atoms with Crippen LogP contribution in [-0.4, -0.2) is 27.0 Å². The molecule has 0 aliphatic rings. The molecule has 0 spiro atoms. The zero-order valence-corrected chi connectivity index (χ0v) is 32.8. The van der Waals surface area contributed by atoms with E-state index in [1.807, 2.05) is 50.3 Å². The number of pyridine rings is 4. The summed E-state index contributed by atoms with van der Waals surface area (Å²) in [5.41, 5.74) is 5.98. The molecule has 0 aliphatic carbocycles. The first-order valence-corrected chi connectivity index (χ1v) is 18.2. The summed E-state index contributed by atoms with van der Waals surface area (Å²) in [6.45, 7) is 3.89. The summed E-state index contributed by atoms with van der Waals surface area (Å²) in [5, 5.41) is 19.1. The molecule has 4 aromatic heterocycles. The Morgan fingerprint density at radius 2 is 1.20 bits per heavy atom. The van der Waals surface area contributed by atoms with E-state index in [4.69, 9.17) is 71.1 Å². The highest BCUT2D eigenvalue weighted by atomic mass is 35.5. The van der Waals surface area contributed by atoms with Gasteiger partial charge in [0.05, 0.1) is 30.4 Å². The molecule has 278 valence electrons. The molecule has 0 atom stereocenters. The number of aryl methyl sites for hydroxylation is 6. The summed E-state index contributed by atoms with van der Waals surface area (Å²) < 4.78 is 16.9. The van der Waals surface area contributed by atoms with Crippen LogP contribution in [0, 0.1) is 36.5 Å². The molecule has 0 unspecified atom stereocenters. The van der Waals surface area contributed by atoms with Crippen LogP contribution in [-0.2, 0) is 25.7 Å². The van der Waals surface area contributed by atoms with Crippen LogP contribution in [0.15, 0.2) is 90.0 Å². The van der Waals surface area contributed by atoms with E-state index in [0.717, 1.165) is 35.5 Å². The Hall–Kier alpha value is -5.62. The Kier molecular flexibility index (Phi) is 14.1. The topological polar surface area (TPSA) is 147 Å². The number of methoxy groups -OCH3 is 1. The molecule has 2 aromatic carbocycles. The van der Waals surface area contributed by atoms with Crippen LogP contribution in [0.25, 0.3) is 0 Å². The molecule has 0 aliphatic heterocycles. The zero-order valence-electron chi connectivity index (χ0n) is 29.8. The van der Waals surface area contributed by atoms with E-state index in [0.29, 0.717) is 57.0 Å². The average Bonchev–Trinajstić information content (AvgIpc) is 3.16. The first-order valence-electron chi connectivity index (χ1n) is 16.7. The predicted octanol–water partition coefficient (Wildman–Crippen LogP) is 10.4. The maximum atomic E-state index is 12.2. The van der Waals surface area contributed by atoms with Gasteiger partial charge in [0.2, 0.25) is 5.88 Å². The van der Waals surface area contributed by atoms with E-state index in [2.05, 4.69) is 19.9 Å². The average molecular weight is 815 g/mol. The van der Waals surface area contributed by atoms with Crippen molar-refractivity contribution in [1.82, 2.24) is 19.9 Å². The maximum absolute atomic E-state index is 12.2. The number of aromatic amines is 1. The van der Waals surface area contributed by atoms with Crippen LogP contribution in [0.5, 0.6) is 28.9 Å². The molecular weight excluding hydrogens is 782 g/mol. The van der Waals surface area contributed by atoms with Gasteiger partial charge in [0.25, 0.3) is 5.56 Å². The highest BCUT2D eigenvalue weighted by Gasteiger charge is 2.15. The minimum atomic E-state index is -0.433. The van der Waals surface area contributed by atoms with Crippen molar-refractivity contribution >= 4 is 46.4 Å². The van der Waals surface area contributed by atoms with Crippen molar-refractivity contribution in [3.63, 3.8) is 0 Å². The van der Waals surface area contributed by atoms with Gasteiger partial charge in [-0.15, -0.1) is 0 Å². The van der Waals surface area contributed by atoms with Gasteiger partial charge in [-0.2, -0.15) is 10.5 Å². The molecule has 1 N–H and O–H groups in total. The summed E-state index contributed by atoms with van der Waals surface area (Å²) in [6.07, 6.45) is 6.35. The number of aromatic nitrogens is 4. The molecule has 0 bridgehead atoms. The number of ether oxygens (including phenoxy) is 3. The van der Waals surface area contributed by atoms with Gasteiger partial charge in [-0.05, 0) is 111 Å². The van der Waals surface area contributed by atoms with Gasteiger partial charge in [-0.25, -0.2) is 4.98 Å². The van der Waals surface area contributed by atoms with Crippen molar-refractivity contribution in [2.24, 2.45) is 0 Å². The Balaban J connectivity index is 0.000000211. The van der Waals surface area contributed by atoms with E-state index in [1.165, 1.54) is 24.8 Å². The van der Waals surface area contributed by atoms with Crippen LogP contribution in [0.2, 0.25) is 20.1 Å². The third-order valence-corrected chi connectivity index (χ3v) is 9.01. The lowest BCUT2D eigenvalue weighted by Gasteiger charge is -2.13. The second kappa shape index (κ2) is 19.1. The number of nitrogens with zero attached hydrogens (tertiary/aromatic N) is 5. The number of nitriles is 2. The Morgan fingerprint density at radius 1 is 0.673 bits per heavy atom. The third-order valence-electron chi connectivity index (χ3n) is 7.87. The van der Waals surface area contributed by atoms with Gasteiger partial charge in [0.15, 0.2) is 11.5 Å². The molecule has 14 heteroatoms. The molecule has 0 saturated heterocycles. The lowest BCUT2D eigenvalue weighted by molar-refractivity contribution is 0.390. The number of H-pyrrole nitrogens is 1. The van der Waals surface area contributed by atoms with Crippen LogP contribution >= 0.6 is 46.4 Å². The minimum absolute atomic E-state index is 0.0583. The largest absolute Gasteiger partial charge is 0.480 e. The molecule has 10 nitrogen and oxygen atoms in total. The fraction of sp³-hybridized carbons (Fsp3) is 0.171. The highest BCUT2D eigenvalue weighted by Crippen LogP contribution is 2.37. The number of halogens is 4. The van der Waals surface area contributed by atoms with Crippen molar-refractivity contribution in [2.75, 3.05) is 7.11 Å². The van der Waals surface area contributed by atoms with Gasteiger partial charge in [0.1, 0.15) is 21.5 Å². The van der Waals surface area contributed by atoms with E-state index in [1.54, 1.807) is 48.8 Å². The number of nitrogens with one attached hydrogen (secondary N) is 1. The maximum Gasteiger partial charge on any atom is 0.270 e. The number of rotatable bonds is 11. The van der Waals surface area contributed by atoms with Crippen molar-refractivity contribution < 1.29 is 14.2 Å². The van der Waals surface area contributed by atoms with Gasteiger partial charge in [0, 0.05) is 57.3 Å². The first-order chi connectivity index (χ1) is 26.4. The molecule has 0 amide bonds. The van der Waals surface area contributed by atoms with Crippen molar-refractivity contribution in [2.45, 2.75) is 39.5 Å². The van der Waals surface area contributed by atoms with Crippen LogP contribution in [0.4, 0.5) is 0 Å². The predicted molar refractivity (Wildman–Crippen MR) is 213 cm³/mol. The molecule has 6 aromatic rings. The summed E-state index contributed by atoms with van der Waals surface area (Å²) >= 11 is 24.5. The van der Waals surface area contributed by atoms with E-state index in [9.17, 15) is 4.79 Å². The minimum Gasteiger partial charge on any atom is -0.480 e. The molecular formula is C41H32Cl4N6O4. The Morgan fingerprint density at radius 3 is 1.71 bits per heavy atom. The molecule has 4 heterocycles. The number of benzene rings is 2. The zero-order chi connectivity index (χ0) is 39.5. The monoisotopic (exact) mass is 812 g/mol.